The fourth-order valence-corrected chi connectivity index (χ4v) is 3.64. The van der Waals surface area contributed by atoms with Crippen molar-refractivity contribution in [1.82, 2.24) is 14.9 Å². The molecule has 0 aliphatic carbocycles. The molecule has 112 valence electrons. The van der Waals surface area contributed by atoms with Crippen molar-refractivity contribution in [3.05, 3.63) is 33.5 Å². The van der Waals surface area contributed by atoms with Gasteiger partial charge in [-0.3, -0.25) is 4.79 Å². The summed E-state index contributed by atoms with van der Waals surface area (Å²) in [5.74, 6) is 1.72. The summed E-state index contributed by atoms with van der Waals surface area (Å²) in [5, 5.41) is 3.12. The summed E-state index contributed by atoms with van der Waals surface area (Å²) < 4.78 is 7.41. The van der Waals surface area contributed by atoms with Gasteiger partial charge in [0.25, 0.3) is 5.91 Å². The number of carbonyl (C=O) groups is 1. The van der Waals surface area contributed by atoms with Crippen LogP contribution in [0.2, 0.25) is 0 Å². The molecular weight excluding hydrogens is 286 g/mol. The molecule has 3 heterocycles. The highest BCUT2D eigenvalue weighted by atomic mass is 32.1. The van der Waals surface area contributed by atoms with Crippen molar-refractivity contribution in [3.8, 4) is 5.75 Å². The van der Waals surface area contributed by atoms with Gasteiger partial charge >= 0.3 is 0 Å². The molecule has 0 radical (unpaired) electrons. The van der Waals surface area contributed by atoms with E-state index in [1.54, 1.807) is 7.11 Å². The second kappa shape index (κ2) is 5.52. The smallest absolute Gasteiger partial charge is 0.265 e. The van der Waals surface area contributed by atoms with Crippen LogP contribution in [0.4, 0.5) is 0 Å². The molecule has 1 atom stereocenters. The van der Waals surface area contributed by atoms with Crippen LogP contribution >= 0.6 is 11.3 Å². The molecule has 0 spiro atoms. The van der Waals surface area contributed by atoms with Gasteiger partial charge in [-0.05, 0) is 26.3 Å². The molecule has 2 aromatic heterocycles. The first-order valence-electron chi connectivity index (χ1n) is 7.04. The number of aromatic nitrogens is 2. The van der Waals surface area contributed by atoms with E-state index in [0.29, 0.717) is 10.6 Å². The number of hydrogen-bond acceptors (Lipinski definition) is 4. The average Bonchev–Trinajstić information content (AvgIpc) is 2.99. The van der Waals surface area contributed by atoms with Crippen LogP contribution in [0.15, 0.2) is 12.3 Å². The summed E-state index contributed by atoms with van der Waals surface area (Å²) in [6.45, 7) is 4.76. The molecule has 0 aromatic carbocycles. The monoisotopic (exact) mass is 305 g/mol. The molecule has 0 bridgehead atoms. The Morgan fingerprint density at radius 1 is 1.52 bits per heavy atom. The van der Waals surface area contributed by atoms with Crippen molar-refractivity contribution in [2.24, 2.45) is 0 Å². The molecule has 0 unspecified atom stereocenters. The maximum Gasteiger partial charge on any atom is 0.265 e. The third-order valence-corrected chi connectivity index (χ3v) is 4.73. The van der Waals surface area contributed by atoms with Crippen LogP contribution in [0.3, 0.4) is 0 Å². The summed E-state index contributed by atoms with van der Waals surface area (Å²) >= 11 is 1.47. The minimum Gasteiger partial charge on any atom is -0.495 e. The van der Waals surface area contributed by atoms with Crippen LogP contribution < -0.4 is 10.1 Å². The molecule has 1 N–H and O–H groups in total. The lowest BCUT2D eigenvalue weighted by Gasteiger charge is -2.24. The van der Waals surface area contributed by atoms with E-state index in [1.165, 1.54) is 11.3 Å². The van der Waals surface area contributed by atoms with Crippen LogP contribution in [0.25, 0.3) is 0 Å². The predicted octanol–water partition coefficient (Wildman–Crippen LogP) is 2.31. The fourth-order valence-electron chi connectivity index (χ4n) is 2.76. The zero-order valence-corrected chi connectivity index (χ0v) is 13.3. The van der Waals surface area contributed by atoms with E-state index in [2.05, 4.69) is 14.9 Å². The molecule has 5 nitrogen and oxygen atoms in total. The lowest BCUT2D eigenvalue weighted by Crippen LogP contribution is -2.40. The molecule has 1 aliphatic rings. The molecule has 3 rings (SSSR count). The van der Waals surface area contributed by atoms with Gasteiger partial charge in [-0.25, -0.2) is 4.98 Å². The molecule has 0 saturated heterocycles. The number of amides is 1. The highest BCUT2D eigenvalue weighted by Crippen LogP contribution is 2.28. The van der Waals surface area contributed by atoms with Crippen molar-refractivity contribution >= 4 is 17.2 Å². The third kappa shape index (κ3) is 2.81. The van der Waals surface area contributed by atoms with Gasteiger partial charge in [-0.15, -0.1) is 11.3 Å². The van der Waals surface area contributed by atoms with E-state index >= 15 is 0 Å². The second-order valence-electron chi connectivity index (χ2n) is 5.41. The van der Waals surface area contributed by atoms with Gasteiger partial charge in [0.05, 0.1) is 12.8 Å². The van der Waals surface area contributed by atoms with E-state index in [0.717, 1.165) is 35.8 Å². The van der Waals surface area contributed by atoms with Crippen LogP contribution in [0, 0.1) is 13.8 Å². The minimum absolute atomic E-state index is 0.0461. The molecule has 0 saturated carbocycles. The van der Waals surface area contributed by atoms with Gasteiger partial charge in [-0.2, -0.15) is 0 Å². The number of fused-ring (bicyclic) bond motifs is 1. The van der Waals surface area contributed by atoms with Crippen LogP contribution in [-0.2, 0) is 13.0 Å². The number of hydrogen-bond donors (Lipinski definition) is 1. The second-order valence-corrected chi connectivity index (χ2v) is 6.67. The first-order valence-corrected chi connectivity index (χ1v) is 7.86. The zero-order chi connectivity index (χ0) is 15.0. The molecule has 2 aromatic rings. The summed E-state index contributed by atoms with van der Waals surface area (Å²) in [4.78, 5) is 18.6. The average molecular weight is 305 g/mol. The van der Waals surface area contributed by atoms with E-state index in [-0.39, 0.29) is 11.9 Å². The Hall–Kier alpha value is -1.82. The molecule has 21 heavy (non-hydrogen) atoms. The highest BCUT2D eigenvalue weighted by Gasteiger charge is 2.23. The Labute approximate surface area is 128 Å². The zero-order valence-electron chi connectivity index (χ0n) is 12.5. The largest absolute Gasteiger partial charge is 0.495 e. The van der Waals surface area contributed by atoms with Crippen molar-refractivity contribution < 1.29 is 9.53 Å². The number of ether oxygens (including phenoxy) is 1. The van der Waals surface area contributed by atoms with Crippen LogP contribution in [0.1, 0.15) is 32.5 Å². The Bertz CT molecular complexity index is 675. The number of thiophene rings is 1. The summed E-state index contributed by atoms with van der Waals surface area (Å²) in [6, 6.07) is 2.04. The number of nitrogens with one attached hydrogen (secondary N) is 1. The van der Waals surface area contributed by atoms with Gasteiger partial charge in [0.1, 0.15) is 16.5 Å². The van der Waals surface area contributed by atoms with Gasteiger partial charge in [0.15, 0.2) is 0 Å². The van der Waals surface area contributed by atoms with E-state index in [9.17, 15) is 4.79 Å². The standard InChI is InChI=1S/C15H19N3O2S/c1-9-7-18-8-11(4-5-13(18)16-9)17-15(19)14-12(20-3)6-10(2)21-14/h6-7,11H,4-5,8H2,1-3H3,(H,17,19)/t11-/m0/s1. The maximum absolute atomic E-state index is 12.4. The normalized spacial score (nSPS) is 17.4. The molecule has 0 fully saturated rings. The van der Waals surface area contributed by atoms with Gasteiger partial charge in [-0.1, -0.05) is 0 Å². The molecule has 1 amide bonds. The topological polar surface area (TPSA) is 56.1 Å². The molecule has 6 heteroatoms. The lowest BCUT2D eigenvalue weighted by molar-refractivity contribution is 0.0929. The maximum atomic E-state index is 12.4. The number of nitrogens with zero attached hydrogens (tertiary/aromatic N) is 2. The van der Waals surface area contributed by atoms with Crippen molar-refractivity contribution in [2.75, 3.05) is 7.11 Å². The summed E-state index contributed by atoms with van der Waals surface area (Å²) in [6.07, 6.45) is 3.87. The number of rotatable bonds is 3. The van der Waals surface area contributed by atoms with Gasteiger partial charge in [0, 0.05) is 30.1 Å². The van der Waals surface area contributed by atoms with E-state index in [1.807, 2.05) is 26.1 Å². The SMILES string of the molecule is COc1cc(C)sc1C(=O)N[C@H]1CCc2nc(C)cn2C1. The fraction of sp³-hybridized carbons (Fsp3) is 0.467. The van der Waals surface area contributed by atoms with Gasteiger partial charge in [0.2, 0.25) is 0 Å². The predicted molar refractivity (Wildman–Crippen MR) is 82.1 cm³/mol. The first-order chi connectivity index (χ1) is 10.1. The van der Waals surface area contributed by atoms with Crippen LogP contribution in [0.5, 0.6) is 5.75 Å². The number of aryl methyl sites for hydroxylation is 3. The minimum atomic E-state index is -0.0461. The van der Waals surface area contributed by atoms with Crippen molar-refractivity contribution in [2.45, 2.75) is 39.3 Å². The quantitative estimate of drug-likeness (QED) is 0.947. The number of methoxy groups -OCH3 is 1. The Morgan fingerprint density at radius 3 is 3.10 bits per heavy atom. The Kier molecular flexibility index (Phi) is 3.71. The number of carbonyl (C=O) groups excluding carboxylic acids is 1. The summed E-state index contributed by atoms with van der Waals surface area (Å²) in [5.41, 5.74) is 1.03. The van der Waals surface area contributed by atoms with Crippen molar-refractivity contribution in [3.63, 3.8) is 0 Å². The van der Waals surface area contributed by atoms with Crippen molar-refractivity contribution in [1.29, 1.82) is 0 Å². The Morgan fingerprint density at radius 2 is 2.33 bits per heavy atom. The highest BCUT2D eigenvalue weighted by molar-refractivity contribution is 7.14. The Balaban J connectivity index is 1.71. The van der Waals surface area contributed by atoms with E-state index < -0.39 is 0 Å². The van der Waals surface area contributed by atoms with E-state index in [4.69, 9.17) is 4.74 Å². The summed E-state index contributed by atoms with van der Waals surface area (Å²) in [7, 11) is 1.60. The first kappa shape index (κ1) is 14.1. The lowest BCUT2D eigenvalue weighted by atomic mass is 10.1. The number of imidazole rings is 1. The van der Waals surface area contributed by atoms with Gasteiger partial charge < -0.3 is 14.6 Å². The molecule has 1 aliphatic heterocycles. The third-order valence-electron chi connectivity index (χ3n) is 3.70. The van der Waals surface area contributed by atoms with Crippen LogP contribution in [-0.4, -0.2) is 28.6 Å². The molecular formula is C15H19N3O2S.